The van der Waals surface area contributed by atoms with Crippen LogP contribution in [0, 0.1) is 0 Å². The molecule has 1 heterocycles. The van der Waals surface area contributed by atoms with Crippen molar-refractivity contribution in [2.75, 3.05) is 13.6 Å². The zero-order valence-corrected chi connectivity index (χ0v) is 17.9. The van der Waals surface area contributed by atoms with Crippen LogP contribution in [0.2, 0.25) is 0 Å². The van der Waals surface area contributed by atoms with Gasteiger partial charge in [0.1, 0.15) is 0 Å². The van der Waals surface area contributed by atoms with Gasteiger partial charge in [-0.05, 0) is 56.5 Å². The summed E-state index contributed by atoms with van der Waals surface area (Å²) in [6.45, 7) is 7.11. The minimum Gasteiger partial charge on any atom is -0.355 e. The second-order valence-corrected chi connectivity index (χ2v) is 8.23. The quantitative estimate of drug-likeness (QED) is 0.576. The molecule has 0 aliphatic rings. The number of aromatic nitrogens is 2. The van der Waals surface area contributed by atoms with Crippen LogP contribution >= 0.6 is 0 Å². The van der Waals surface area contributed by atoms with Gasteiger partial charge in [0.05, 0.1) is 11.7 Å². The molecule has 2 N–H and O–H groups in total. The van der Waals surface area contributed by atoms with Crippen LogP contribution in [0.25, 0.3) is 10.9 Å². The number of benzene rings is 2. The van der Waals surface area contributed by atoms with Crippen LogP contribution in [-0.4, -0.2) is 46.7 Å². The maximum atomic E-state index is 12.6. The number of hydrogen-bond donors (Lipinski definition) is 2. The van der Waals surface area contributed by atoms with E-state index in [1.54, 1.807) is 0 Å². The topological polar surface area (TPSA) is 61.0 Å². The van der Waals surface area contributed by atoms with E-state index in [2.05, 4.69) is 78.6 Å². The average molecular weight is 393 g/mol. The standard InChI is InChI=1S/C24H32N4O/c1-17(2)28(4)22(14-19-10-11-23-21(13-19)15-26-27-23)16-25-24(29)12-18(3)20-8-6-5-7-9-20/h5-11,13,15,17-18,22H,12,14,16H2,1-4H3,(H,25,29)(H,26,27)/t18-,22-/m0/s1. The lowest BCUT2D eigenvalue weighted by molar-refractivity contribution is -0.121. The van der Waals surface area contributed by atoms with Gasteiger partial charge >= 0.3 is 0 Å². The lowest BCUT2D eigenvalue weighted by atomic mass is 9.97. The largest absolute Gasteiger partial charge is 0.355 e. The van der Waals surface area contributed by atoms with Gasteiger partial charge in [-0.25, -0.2) is 0 Å². The molecule has 3 aromatic rings. The fourth-order valence-corrected chi connectivity index (χ4v) is 3.65. The monoisotopic (exact) mass is 392 g/mol. The van der Waals surface area contributed by atoms with Crippen molar-refractivity contribution < 1.29 is 4.79 Å². The van der Waals surface area contributed by atoms with Crippen molar-refractivity contribution in [1.82, 2.24) is 20.4 Å². The molecular formula is C24H32N4O. The molecule has 0 fully saturated rings. The number of nitrogens with zero attached hydrogens (tertiary/aromatic N) is 2. The summed E-state index contributed by atoms with van der Waals surface area (Å²) in [6, 6.07) is 17.2. The summed E-state index contributed by atoms with van der Waals surface area (Å²) in [5.41, 5.74) is 3.50. The maximum Gasteiger partial charge on any atom is 0.220 e. The summed E-state index contributed by atoms with van der Waals surface area (Å²) in [7, 11) is 2.13. The zero-order chi connectivity index (χ0) is 20.8. The molecule has 0 spiro atoms. The molecule has 2 aromatic carbocycles. The number of carbonyl (C=O) groups excluding carboxylic acids is 1. The Hall–Kier alpha value is -2.66. The first kappa shape index (κ1) is 21.1. The van der Waals surface area contributed by atoms with Crippen molar-refractivity contribution >= 4 is 16.8 Å². The highest BCUT2D eigenvalue weighted by Crippen LogP contribution is 2.19. The molecule has 0 saturated heterocycles. The smallest absolute Gasteiger partial charge is 0.220 e. The molecule has 3 rings (SSSR count). The van der Waals surface area contributed by atoms with Crippen LogP contribution < -0.4 is 5.32 Å². The molecule has 0 radical (unpaired) electrons. The SMILES string of the molecule is CC(C)N(C)[C@H](CNC(=O)C[C@H](C)c1ccccc1)Cc1ccc2[nH]ncc2c1. The van der Waals surface area contributed by atoms with E-state index < -0.39 is 0 Å². The molecule has 1 aromatic heterocycles. The second kappa shape index (κ2) is 9.70. The minimum absolute atomic E-state index is 0.105. The van der Waals surface area contributed by atoms with Gasteiger partial charge in [0.15, 0.2) is 0 Å². The lowest BCUT2D eigenvalue weighted by Gasteiger charge is -2.32. The summed E-state index contributed by atoms with van der Waals surface area (Å²) >= 11 is 0. The Balaban J connectivity index is 1.61. The lowest BCUT2D eigenvalue weighted by Crippen LogP contribution is -2.46. The van der Waals surface area contributed by atoms with Gasteiger partial charge in [-0.15, -0.1) is 0 Å². The zero-order valence-electron chi connectivity index (χ0n) is 17.9. The van der Waals surface area contributed by atoms with Gasteiger partial charge in [-0.1, -0.05) is 43.3 Å². The van der Waals surface area contributed by atoms with E-state index in [1.807, 2.05) is 24.4 Å². The van der Waals surface area contributed by atoms with Crippen molar-refractivity contribution in [1.29, 1.82) is 0 Å². The van der Waals surface area contributed by atoms with Gasteiger partial charge in [0.2, 0.25) is 5.91 Å². The average Bonchev–Trinajstić information content (AvgIpc) is 3.19. The summed E-state index contributed by atoms with van der Waals surface area (Å²) in [5.74, 6) is 0.315. The number of amides is 1. The Bertz CT molecular complexity index is 919. The molecule has 0 aliphatic carbocycles. The summed E-state index contributed by atoms with van der Waals surface area (Å²) < 4.78 is 0. The molecule has 154 valence electrons. The van der Waals surface area contributed by atoms with Crippen LogP contribution in [0.1, 0.15) is 44.2 Å². The van der Waals surface area contributed by atoms with E-state index >= 15 is 0 Å². The fourth-order valence-electron chi connectivity index (χ4n) is 3.65. The summed E-state index contributed by atoms with van der Waals surface area (Å²) in [5, 5.41) is 11.4. The molecular weight excluding hydrogens is 360 g/mol. The second-order valence-electron chi connectivity index (χ2n) is 8.23. The summed E-state index contributed by atoms with van der Waals surface area (Å²) in [6.07, 6.45) is 3.24. The van der Waals surface area contributed by atoms with Crippen LogP contribution in [0.15, 0.2) is 54.7 Å². The van der Waals surface area contributed by atoms with E-state index in [0.29, 0.717) is 19.0 Å². The molecule has 0 saturated carbocycles. The molecule has 5 nitrogen and oxygen atoms in total. The highest BCUT2D eigenvalue weighted by molar-refractivity contribution is 5.78. The number of rotatable bonds is 9. The van der Waals surface area contributed by atoms with Crippen molar-refractivity contribution in [2.45, 2.75) is 51.6 Å². The number of nitrogens with one attached hydrogen (secondary N) is 2. The van der Waals surface area contributed by atoms with Gasteiger partial charge in [-0.3, -0.25) is 14.8 Å². The Labute approximate surface area is 173 Å². The van der Waals surface area contributed by atoms with Gasteiger partial charge in [0, 0.05) is 30.4 Å². The molecule has 29 heavy (non-hydrogen) atoms. The highest BCUT2D eigenvalue weighted by atomic mass is 16.1. The minimum atomic E-state index is 0.105. The molecule has 0 aliphatic heterocycles. The Morgan fingerprint density at radius 3 is 2.62 bits per heavy atom. The molecule has 2 atom stereocenters. The van der Waals surface area contributed by atoms with Gasteiger partial charge in [-0.2, -0.15) is 5.10 Å². The normalized spacial score (nSPS) is 13.7. The molecule has 0 bridgehead atoms. The first-order chi connectivity index (χ1) is 13.9. The van der Waals surface area contributed by atoms with Crippen LogP contribution in [0.5, 0.6) is 0 Å². The number of hydrogen-bond acceptors (Lipinski definition) is 3. The molecule has 0 unspecified atom stereocenters. The number of carbonyl (C=O) groups is 1. The van der Waals surface area contributed by atoms with Crippen molar-refractivity contribution in [3.63, 3.8) is 0 Å². The number of likely N-dealkylation sites (N-methyl/N-ethyl adjacent to an activating group) is 1. The molecule has 5 heteroatoms. The van der Waals surface area contributed by atoms with Gasteiger partial charge < -0.3 is 5.32 Å². The number of aromatic amines is 1. The third kappa shape index (κ3) is 5.67. The van der Waals surface area contributed by atoms with Crippen LogP contribution in [-0.2, 0) is 11.2 Å². The highest BCUT2D eigenvalue weighted by Gasteiger charge is 2.20. The van der Waals surface area contributed by atoms with Crippen LogP contribution in [0.4, 0.5) is 0 Å². The van der Waals surface area contributed by atoms with Crippen molar-refractivity contribution in [3.05, 3.63) is 65.9 Å². The van der Waals surface area contributed by atoms with E-state index in [0.717, 1.165) is 17.3 Å². The predicted octanol–water partition coefficient (Wildman–Crippen LogP) is 4.12. The maximum absolute atomic E-state index is 12.6. The van der Waals surface area contributed by atoms with E-state index in [9.17, 15) is 4.79 Å². The Morgan fingerprint density at radius 1 is 1.14 bits per heavy atom. The van der Waals surface area contributed by atoms with Crippen molar-refractivity contribution in [3.8, 4) is 0 Å². The van der Waals surface area contributed by atoms with E-state index in [1.165, 1.54) is 11.1 Å². The first-order valence-electron chi connectivity index (χ1n) is 10.4. The van der Waals surface area contributed by atoms with Crippen molar-refractivity contribution in [2.24, 2.45) is 0 Å². The third-order valence-corrected chi connectivity index (χ3v) is 5.76. The Kier molecular flexibility index (Phi) is 7.04. The first-order valence-corrected chi connectivity index (χ1v) is 10.4. The number of fused-ring (bicyclic) bond motifs is 1. The van der Waals surface area contributed by atoms with Gasteiger partial charge in [0.25, 0.3) is 0 Å². The van der Waals surface area contributed by atoms with E-state index in [4.69, 9.17) is 0 Å². The third-order valence-electron chi connectivity index (χ3n) is 5.76. The Morgan fingerprint density at radius 2 is 1.90 bits per heavy atom. The predicted molar refractivity (Wildman–Crippen MR) is 119 cm³/mol. The van der Waals surface area contributed by atoms with Crippen LogP contribution in [0.3, 0.4) is 0 Å². The molecule has 1 amide bonds. The number of H-pyrrole nitrogens is 1. The summed E-state index contributed by atoms with van der Waals surface area (Å²) in [4.78, 5) is 14.9. The fraction of sp³-hybridized carbons (Fsp3) is 0.417. The van der Waals surface area contributed by atoms with E-state index in [-0.39, 0.29) is 17.9 Å².